The second-order valence-corrected chi connectivity index (χ2v) is 25.7. The Morgan fingerprint density at radius 3 is 1.07 bits per heavy atom. The maximum atomic E-state index is 13.3. The Balaban J connectivity index is 2.19. The van der Waals surface area contributed by atoms with Crippen molar-refractivity contribution in [2.75, 3.05) is 13.2 Å². The van der Waals surface area contributed by atoms with E-state index in [1.807, 2.05) is 0 Å². The van der Waals surface area contributed by atoms with Crippen molar-refractivity contribution in [3.8, 4) is 0 Å². The maximum absolute atomic E-state index is 13.3. The zero-order valence-corrected chi connectivity index (χ0v) is 54.5. The fraction of sp³-hybridized carbons (Fsp3) is 0.931. The fourth-order valence-corrected chi connectivity index (χ4v) is 11.9. The van der Waals surface area contributed by atoms with Crippen LogP contribution in [0.4, 0.5) is 0 Å². The van der Waals surface area contributed by atoms with Crippen molar-refractivity contribution < 1.29 is 50.0 Å². The van der Waals surface area contributed by atoms with Gasteiger partial charge < -0.3 is 50.5 Å². The topological polar surface area (TPSA) is 189 Å². The monoisotopic (exact) mass is 1180 g/mol. The number of allylic oxidation sites excluding steroid dienone is 4. The average Bonchev–Trinajstić information content (AvgIpc) is 3.65. The summed E-state index contributed by atoms with van der Waals surface area (Å²) in [5.74, 6) is -0.703. The molecule has 0 spiro atoms. The van der Waals surface area contributed by atoms with E-state index in [1.165, 1.54) is 276 Å². The number of aliphatic hydroxyl groups excluding tert-OH is 7. The lowest BCUT2D eigenvalue weighted by Gasteiger charge is -2.40. The van der Waals surface area contributed by atoms with Gasteiger partial charge in [-0.05, 0) is 51.4 Å². The van der Waals surface area contributed by atoms with Crippen molar-refractivity contribution in [3.05, 3.63) is 24.3 Å². The molecule has 1 amide bonds. The normalized spacial score (nSPS) is 19.1. The van der Waals surface area contributed by atoms with E-state index in [0.29, 0.717) is 19.3 Å². The molecule has 0 saturated carbocycles. The van der Waals surface area contributed by atoms with Gasteiger partial charge in [0.1, 0.15) is 36.6 Å². The molecule has 0 aliphatic carbocycles. The molecule has 0 bridgehead atoms. The third-order valence-electron chi connectivity index (χ3n) is 17.7. The minimum Gasteiger partial charge on any atom is -0.394 e. The number of hydrogen-bond donors (Lipinski definition) is 8. The lowest BCUT2D eigenvalue weighted by Crippen LogP contribution is -2.60. The predicted molar refractivity (Wildman–Crippen MR) is 349 cm³/mol. The van der Waals surface area contributed by atoms with Crippen LogP contribution < -0.4 is 5.32 Å². The first-order valence-electron chi connectivity index (χ1n) is 36.2. The second kappa shape index (κ2) is 60.9. The van der Waals surface area contributed by atoms with Gasteiger partial charge >= 0.3 is 0 Å². The average molecular weight is 1180 g/mol. The molecule has 11 heteroatoms. The van der Waals surface area contributed by atoms with Crippen LogP contribution in [0.2, 0.25) is 0 Å². The predicted octanol–water partition coefficient (Wildman–Crippen LogP) is 17.6. The van der Waals surface area contributed by atoms with Gasteiger partial charge in [-0.2, -0.15) is 0 Å². The molecule has 1 aliphatic heterocycles. The number of hydrogen-bond acceptors (Lipinski definition) is 10. The van der Waals surface area contributed by atoms with E-state index in [2.05, 4.69) is 43.5 Å². The van der Waals surface area contributed by atoms with E-state index >= 15 is 0 Å². The van der Waals surface area contributed by atoms with Crippen LogP contribution in [-0.4, -0.2) is 110 Å². The molecule has 8 N–H and O–H groups in total. The molecule has 9 atom stereocenters. The van der Waals surface area contributed by atoms with Crippen LogP contribution >= 0.6 is 0 Å². The first-order valence-corrected chi connectivity index (χ1v) is 36.2. The summed E-state index contributed by atoms with van der Waals surface area (Å²) in [5, 5.41) is 76.5. The number of carbonyl (C=O) groups excluding carboxylic acids is 1. The van der Waals surface area contributed by atoms with Crippen molar-refractivity contribution >= 4 is 5.91 Å². The molecule has 11 nitrogen and oxygen atoms in total. The molecule has 0 radical (unpaired) electrons. The molecule has 1 rings (SSSR count). The Morgan fingerprint density at radius 2 is 0.723 bits per heavy atom. The van der Waals surface area contributed by atoms with E-state index < -0.39 is 74.2 Å². The van der Waals surface area contributed by atoms with Crippen molar-refractivity contribution in [1.29, 1.82) is 0 Å². The molecule has 1 aliphatic rings. The van der Waals surface area contributed by atoms with Gasteiger partial charge in [-0.1, -0.05) is 334 Å². The minimum absolute atomic E-state index is 0.249. The Labute approximate surface area is 512 Å². The van der Waals surface area contributed by atoms with Gasteiger partial charge in [-0.3, -0.25) is 4.79 Å². The molecule has 0 aromatic heterocycles. The van der Waals surface area contributed by atoms with Crippen LogP contribution in [0.15, 0.2) is 24.3 Å². The van der Waals surface area contributed by atoms with Crippen LogP contribution in [0.5, 0.6) is 0 Å². The van der Waals surface area contributed by atoms with E-state index in [4.69, 9.17) is 9.47 Å². The zero-order chi connectivity index (χ0) is 60.3. The Morgan fingerprint density at radius 1 is 0.410 bits per heavy atom. The number of amides is 1. The lowest BCUT2D eigenvalue weighted by atomic mass is 9.98. The fourth-order valence-electron chi connectivity index (χ4n) is 11.9. The highest BCUT2D eigenvalue weighted by atomic mass is 16.7. The minimum atomic E-state index is -1.67. The van der Waals surface area contributed by atoms with Gasteiger partial charge in [0.25, 0.3) is 0 Å². The van der Waals surface area contributed by atoms with Gasteiger partial charge in [0.2, 0.25) is 5.91 Å². The number of aliphatic hydroxyl groups is 7. The Hall–Kier alpha value is -1.41. The van der Waals surface area contributed by atoms with E-state index in [1.54, 1.807) is 0 Å². The molecule has 492 valence electrons. The summed E-state index contributed by atoms with van der Waals surface area (Å²) >= 11 is 0. The van der Waals surface area contributed by atoms with Crippen molar-refractivity contribution in [2.45, 2.75) is 416 Å². The van der Waals surface area contributed by atoms with E-state index in [-0.39, 0.29) is 12.8 Å². The van der Waals surface area contributed by atoms with Crippen molar-refractivity contribution in [3.63, 3.8) is 0 Å². The maximum Gasteiger partial charge on any atom is 0.249 e. The summed E-state index contributed by atoms with van der Waals surface area (Å²) in [6, 6.07) is -1.19. The standard InChI is InChI=1S/C72H139NO10/c1-3-5-7-9-11-13-15-17-19-21-23-25-27-29-30-31-32-33-34-35-36-38-40-42-44-46-48-50-52-54-56-58-60-65(76)71(81)73-63(62-82-72-70(80)69(79)68(78)66(61-74)83-72)67(77)64(75)59-57-55-53-51-49-47-45-43-41-39-37-28-26-24-22-20-18-16-14-12-10-8-6-4-2/h43,45,51,53,63-70,72,74-80H,3-42,44,46-50,52,54-62H2,1-2H3,(H,73,81)/b45-43+,53-51+. The Bertz CT molecular complexity index is 1400. The van der Waals surface area contributed by atoms with Gasteiger partial charge in [0, 0.05) is 0 Å². The summed E-state index contributed by atoms with van der Waals surface area (Å²) in [6.45, 7) is 3.50. The van der Waals surface area contributed by atoms with Gasteiger partial charge in [-0.15, -0.1) is 0 Å². The first kappa shape index (κ1) is 79.6. The second-order valence-electron chi connectivity index (χ2n) is 25.7. The molecule has 9 unspecified atom stereocenters. The third-order valence-corrected chi connectivity index (χ3v) is 17.7. The highest BCUT2D eigenvalue weighted by Crippen LogP contribution is 2.24. The van der Waals surface area contributed by atoms with Crippen LogP contribution in [0, 0.1) is 0 Å². The molecule has 0 aromatic rings. The highest BCUT2D eigenvalue weighted by molar-refractivity contribution is 5.80. The molecule has 1 fully saturated rings. The van der Waals surface area contributed by atoms with Crippen LogP contribution in [0.25, 0.3) is 0 Å². The molecule has 0 aromatic carbocycles. The Kier molecular flexibility index (Phi) is 58.4. The molecule has 1 saturated heterocycles. The smallest absolute Gasteiger partial charge is 0.249 e. The summed E-state index contributed by atoms with van der Waals surface area (Å²) < 4.78 is 11.2. The van der Waals surface area contributed by atoms with Gasteiger partial charge in [0.05, 0.1) is 25.4 Å². The molecular weight excluding hydrogens is 1040 g/mol. The summed E-state index contributed by atoms with van der Waals surface area (Å²) in [5.41, 5.74) is 0. The van der Waals surface area contributed by atoms with Crippen molar-refractivity contribution in [1.82, 2.24) is 5.32 Å². The van der Waals surface area contributed by atoms with Gasteiger partial charge in [-0.25, -0.2) is 0 Å². The van der Waals surface area contributed by atoms with Crippen LogP contribution in [-0.2, 0) is 14.3 Å². The first-order chi connectivity index (χ1) is 40.7. The van der Waals surface area contributed by atoms with Crippen LogP contribution in [0.3, 0.4) is 0 Å². The quantitative estimate of drug-likeness (QED) is 0.0215. The number of carbonyl (C=O) groups is 1. The third kappa shape index (κ3) is 48.2. The number of unbranched alkanes of at least 4 members (excludes halogenated alkanes) is 48. The van der Waals surface area contributed by atoms with Crippen molar-refractivity contribution in [2.24, 2.45) is 0 Å². The lowest BCUT2D eigenvalue weighted by molar-refractivity contribution is -0.303. The number of nitrogens with one attached hydrogen (secondary N) is 1. The number of ether oxygens (including phenoxy) is 2. The zero-order valence-electron chi connectivity index (χ0n) is 54.5. The summed E-state index contributed by atoms with van der Waals surface area (Å²) in [6.07, 6.45) is 65.6. The molecule has 1 heterocycles. The van der Waals surface area contributed by atoms with E-state index in [0.717, 1.165) is 38.5 Å². The molecule has 83 heavy (non-hydrogen) atoms. The summed E-state index contributed by atoms with van der Waals surface area (Å²) in [7, 11) is 0. The number of rotatable bonds is 64. The molecular formula is C72H139NO10. The highest BCUT2D eigenvalue weighted by Gasteiger charge is 2.44. The summed E-state index contributed by atoms with van der Waals surface area (Å²) in [4.78, 5) is 13.3. The largest absolute Gasteiger partial charge is 0.394 e. The van der Waals surface area contributed by atoms with Crippen LogP contribution in [0.1, 0.15) is 361 Å². The van der Waals surface area contributed by atoms with E-state index in [9.17, 15) is 40.5 Å². The van der Waals surface area contributed by atoms with Gasteiger partial charge in [0.15, 0.2) is 6.29 Å². The SMILES string of the molecule is CCCCCCCCCCCCCCCCC/C=C/CC/C=C/CCCC(O)C(O)C(COC1OC(CO)C(O)C(O)C1O)NC(=O)C(O)CCCCCCCCCCCCCCCCCCCCCCCCCCCCCCCCCC.